The van der Waals surface area contributed by atoms with Crippen molar-refractivity contribution in [3.8, 4) is 5.75 Å². The predicted octanol–water partition coefficient (Wildman–Crippen LogP) is 1.90. The second kappa shape index (κ2) is 6.28. The lowest BCUT2D eigenvalue weighted by Crippen LogP contribution is -2.43. The second-order valence-corrected chi connectivity index (χ2v) is 6.94. The number of hydrogen-bond acceptors (Lipinski definition) is 4. The molecule has 1 aliphatic heterocycles. The van der Waals surface area contributed by atoms with Crippen LogP contribution < -0.4 is 15.4 Å². The smallest absolute Gasteiger partial charge is 0.222 e. The highest BCUT2D eigenvalue weighted by molar-refractivity contribution is 7.99. The Balaban J connectivity index is 1.61. The molecule has 1 atom stereocenters. The van der Waals surface area contributed by atoms with E-state index in [4.69, 9.17) is 4.74 Å². The van der Waals surface area contributed by atoms with E-state index in [-0.39, 0.29) is 11.4 Å². The van der Waals surface area contributed by atoms with Gasteiger partial charge in [-0.15, -0.1) is 0 Å². The number of nitrogens with one attached hydrogen (secondary N) is 2. The SMILES string of the molecule is COc1cccc(C2(NC(=O)CC3CSCCN3)CC2)c1. The molecule has 1 unspecified atom stereocenters. The number of carbonyl (C=O) groups excluding carboxylic acids is 1. The van der Waals surface area contributed by atoms with Crippen LogP contribution in [-0.4, -0.2) is 37.1 Å². The summed E-state index contributed by atoms with van der Waals surface area (Å²) in [5.41, 5.74) is 0.995. The van der Waals surface area contributed by atoms with Gasteiger partial charge < -0.3 is 15.4 Å². The van der Waals surface area contributed by atoms with Crippen LogP contribution in [0.1, 0.15) is 24.8 Å². The highest BCUT2D eigenvalue weighted by Gasteiger charge is 2.45. The minimum absolute atomic E-state index is 0.148. The molecule has 1 aromatic rings. The maximum Gasteiger partial charge on any atom is 0.222 e. The molecule has 2 N–H and O–H groups in total. The third-order valence-corrected chi connectivity index (χ3v) is 5.31. The molecule has 0 aromatic heterocycles. The van der Waals surface area contributed by atoms with Gasteiger partial charge in [0.2, 0.25) is 5.91 Å². The molecule has 0 spiro atoms. The van der Waals surface area contributed by atoms with Gasteiger partial charge in [0, 0.05) is 30.5 Å². The third kappa shape index (κ3) is 3.52. The van der Waals surface area contributed by atoms with Crippen molar-refractivity contribution in [3.05, 3.63) is 29.8 Å². The summed E-state index contributed by atoms with van der Waals surface area (Å²) in [5.74, 6) is 3.17. The Hall–Kier alpha value is -1.20. The summed E-state index contributed by atoms with van der Waals surface area (Å²) in [6.07, 6.45) is 2.59. The number of methoxy groups -OCH3 is 1. The summed E-state index contributed by atoms with van der Waals surface area (Å²) in [6.45, 7) is 1.00. The van der Waals surface area contributed by atoms with Crippen LogP contribution in [0.4, 0.5) is 0 Å². The molecule has 1 saturated carbocycles. The molecule has 3 rings (SSSR count). The van der Waals surface area contributed by atoms with E-state index in [0.29, 0.717) is 12.5 Å². The first-order chi connectivity index (χ1) is 10.2. The fourth-order valence-corrected chi connectivity index (χ4v) is 3.77. The fraction of sp³-hybridized carbons (Fsp3) is 0.562. The minimum Gasteiger partial charge on any atom is -0.497 e. The molecule has 1 saturated heterocycles. The standard InChI is InChI=1S/C16H22N2O2S/c1-20-14-4-2-3-12(9-14)16(5-6-16)18-15(19)10-13-11-21-8-7-17-13/h2-4,9,13,17H,5-8,10-11H2,1H3,(H,18,19). The molecule has 1 aliphatic carbocycles. The van der Waals surface area contributed by atoms with E-state index in [1.165, 1.54) is 0 Å². The maximum absolute atomic E-state index is 12.3. The largest absolute Gasteiger partial charge is 0.497 e. The van der Waals surface area contributed by atoms with Crippen molar-refractivity contribution in [2.45, 2.75) is 30.8 Å². The second-order valence-electron chi connectivity index (χ2n) is 5.79. The molecule has 4 nitrogen and oxygen atoms in total. The Morgan fingerprint density at radius 3 is 3.05 bits per heavy atom. The lowest BCUT2D eigenvalue weighted by atomic mass is 10.0. The van der Waals surface area contributed by atoms with E-state index in [1.807, 2.05) is 30.0 Å². The van der Waals surface area contributed by atoms with Crippen LogP contribution >= 0.6 is 11.8 Å². The van der Waals surface area contributed by atoms with Gasteiger partial charge >= 0.3 is 0 Å². The monoisotopic (exact) mass is 306 g/mol. The molecule has 0 radical (unpaired) electrons. The number of ether oxygens (including phenoxy) is 1. The van der Waals surface area contributed by atoms with Gasteiger partial charge in [-0.1, -0.05) is 12.1 Å². The van der Waals surface area contributed by atoms with Crippen molar-refractivity contribution in [2.24, 2.45) is 0 Å². The molecule has 2 fully saturated rings. The van der Waals surface area contributed by atoms with Crippen molar-refractivity contribution in [3.63, 3.8) is 0 Å². The van der Waals surface area contributed by atoms with Crippen LogP contribution in [0.25, 0.3) is 0 Å². The average molecular weight is 306 g/mol. The van der Waals surface area contributed by atoms with Gasteiger partial charge in [0.15, 0.2) is 0 Å². The number of thioether (sulfide) groups is 1. The third-order valence-electron chi connectivity index (χ3n) is 4.18. The Bertz CT molecular complexity index is 511. The number of carbonyl (C=O) groups is 1. The summed E-state index contributed by atoms with van der Waals surface area (Å²) >= 11 is 1.92. The molecule has 21 heavy (non-hydrogen) atoms. The van der Waals surface area contributed by atoms with Crippen molar-refractivity contribution < 1.29 is 9.53 Å². The molecule has 5 heteroatoms. The Morgan fingerprint density at radius 1 is 1.52 bits per heavy atom. The zero-order chi connectivity index (χ0) is 14.7. The summed E-state index contributed by atoms with van der Waals surface area (Å²) in [5, 5.41) is 6.65. The number of rotatable bonds is 5. The fourth-order valence-electron chi connectivity index (χ4n) is 2.82. The Morgan fingerprint density at radius 2 is 2.38 bits per heavy atom. The number of hydrogen-bond donors (Lipinski definition) is 2. The van der Waals surface area contributed by atoms with Gasteiger partial charge in [-0.25, -0.2) is 0 Å². The Kier molecular flexibility index (Phi) is 4.40. The molecule has 2 aliphatic rings. The van der Waals surface area contributed by atoms with Crippen LogP contribution in [-0.2, 0) is 10.3 Å². The molecular formula is C16H22N2O2S. The van der Waals surface area contributed by atoms with Crippen LogP contribution in [0.2, 0.25) is 0 Å². The first-order valence-electron chi connectivity index (χ1n) is 7.48. The van der Waals surface area contributed by atoms with Gasteiger partial charge in [0.1, 0.15) is 5.75 Å². The summed E-state index contributed by atoms with van der Waals surface area (Å²) in [6, 6.07) is 8.33. The lowest BCUT2D eigenvalue weighted by molar-refractivity contribution is -0.122. The van der Waals surface area contributed by atoms with E-state index in [2.05, 4.69) is 16.7 Å². The zero-order valence-electron chi connectivity index (χ0n) is 12.4. The summed E-state index contributed by atoms with van der Waals surface area (Å²) < 4.78 is 5.28. The molecule has 1 aromatic carbocycles. The topological polar surface area (TPSA) is 50.4 Å². The average Bonchev–Trinajstić information content (AvgIpc) is 3.29. The van der Waals surface area contributed by atoms with Gasteiger partial charge in [0.25, 0.3) is 0 Å². The van der Waals surface area contributed by atoms with Crippen molar-refractivity contribution >= 4 is 17.7 Å². The normalized spacial score (nSPS) is 23.4. The van der Waals surface area contributed by atoms with Crippen LogP contribution in [0.5, 0.6) is 5.75 Å². The van der Waals surface area contributed by atoms with E-state index < -0.39 is 0 Å². The highest BCUT2D eigenvalue weighted by Crippen LogP contribution is 2.46. The molecule has 114 valence electrons. The van der Waals surface area contributed by atoms with Crippen LogP contribution in [0.3, 0.4) is 0 Å². The lowest BCUT2D eigenvalue weighted by Gasteiger charge is -2.24. The molecule has 1 amide bonds. The van der Waals surface area contributed by atoms with E-state index in [9.17, 15) is 4.79 Å². The highest BCUT2D eigenvalue weighted by atomic mass is 32.2. The first-order valence-corrected chi connectivity index (χ1v) is 8.64. The first kappa shape index (κ1) is 14.7. The minimum atomic E-state index is -0.159. The zero-order valence-corrected chi connectivity index (χ0v) is 13.2. The van der Waals surface area contributed by atoms with Gasteiger partial charge in [-0.2, -0.15) is 11.8 Å². The Labute approximate surface area is 130 Å². The van der Waals surface area contributed by atoms with Crippen LogP contribution in [0.15, 0.2) is 24.3 Å². The van der Waals surface area contributed by atoms with E-state index in [0.717, 1.165) is 42.2 Å². The van der Waals surface area contributed by atoms with Crippen molar-refractivity contribution in [1.29, 1.82) is 0 Å². The quantitative estimate of drug-likeness (QED) is 0.872. The van der Waals surface area contributed by atoms with Crippen molar-refractivity contribution in [2.75, 3.05) is 25.2 Å². The van der Waals surface area contributed by atoms with E-state index in [1.54, 1.807) is 7.11 Å². The van der Waals surface area contributed by atoms with Gasteiger partial charge in [-0.05, 0) is 30.5 Å². The van der Waals surface area contributed by atoms with Crippen molar-refractivity contribution in [1.82, 2.24) is 10.6 Å². The summed E-state index contributed by atoms with van der Waals surface area (Å²) in [4.78, 5) is 12.3. The molecule has 0 bridgehead atoms. The molecular weight excluding hydrogens is 284 g/mol. The summed E-state index contributed by atoms with van der Waals surface area (Å²) in [7, 11) is 1.67. The maximum atomic E-state index is 12.3. The van der Waals surface area contributed by atoms with Gasteiger partial charge in [0.05, 0.1) is 12.6 Å². The predicted molar refractivity (Wildman–Crippen MR) is 85.8 cm³/mol. The molecule has 1 heterocycles. The van der Waals surface area contributed by atoms with E-state index >= 15 is 0 Å². The van der Waals surface area contributed by atoms with Gasteiger partial charge in [-0.3, -0.25) is 4.79 Å². The number of amides is 1. The number of benzene rings is 1. The van der Waals surface area contributed by atoms with Crippen LogP contribution in [0, 0.1) is 0 Å².